The zero-order valence-electron chi connectivity index (χ0n) is 12.9. The zero-order chi connectivity index (χ0) is 15.5. The van der Waals surface area contributed by atoms with E-state index in [9.17, 15) is 8.42 Å². The van der Waals surface area contributed by atoms with Crippen molar-refractivity contribution in [1.82, 2.24) is 20.1 Å². The number of nitrogens with zero attached hydrogens (tertiary/aromatic N) is 3. The first-order valence-corrected chi connectivity index (χ1v) is 9.20. The molecule has 0 unspecified atom stereocenters. The molecule has 0 bridgehead atoms. The fourth-order valence-corrected chi connectivity index (χ4v) is 3.00. The van der Waals surface area contributed by atoms with E-state index in [2.05, 4.69) is 20.1 Å². The van der Waals surface area contributed by atoms with Crippen molar-refractivity contribution in [3.63, 3.8) is 0 Å². The lowest BCUT2D eigenvalue weighted by Crippen LogP contribution is -2.41. The third kappa shape index (κ3) is 4.49. The molecule has 0 aliphatic carbocycles. The van der Waals surface area contributed by atoms with E-state index in [-0.39, 0.29) is 23.5 Å². The van der Waals surface area contributed by atoms with Crippen molar-refractivity contribution in [3.8, 4) is 0 Å². The maximum atomic E-state index is 11.6. The summed E-state index contributed by atoms with van der Waals surface area (Å²) in [6, 6.07) is 0. The highest BCUT2D eigenvalue weighted by atomic mass is 32.2. The molecule has 1 N–H and O–H groups in total. The number of hydrogen-bond acceptors (Lipinski definition) is 6. The fourth-order valence-electron chi connectivity index (χ4n) is 2.17. The molecule has 0 spiro atoms. The van der Waals surface area contributed by atoms with Crippen LogP contribution in [0.2, 0.25) is 0 Å². The first-order valence-electron chi connectivity index (χ1n) is 7.38. The Hall–Kier alpha value is -0.990. The standard InChI is InChI=1S/C13H24N4O3S/c1-4-21(18,19)8-6-17-5-7-20-11(9-17)13-14-12(10(2)3)15-16-13/h10-11H,4-9H2,1-3H3,(H,14,15,16)/t11-/m0/s1. The van der Waals surface area contributed by atoms with Crippen molar-refractivity contribution < 1.29 is 13.2 Å². The van der Waals surface area contributed by atoms with Gasteiger partial charge in [-0.05, 0) is 0 Å². The molecule has 8 heteroatoms. The van der Waals surface area contributed by atoms with Crippen molar-refractivity contribution in [2.75, 3.05) is 37.7 Å². The van der Waals surface area contributed by atoms with Crippen LogP contribution in [0.3, 0.4) is 0 Å². The van der Waals surface area contributed by atoms with Crippen LogP contribution in [0.15, 0.2) is 0 Å². The summed E-state index contributed by atoms with van der Waals surface area (Å²) in [7, 11) is -2.93. The Bertz CT molecular complexity index is 556. The fraction of sp³-hybridized carbons (Fsp3) is 0.846. The Morgan fingerprint density at radius 1 is 1.48 bits per heavy atom. The molecule has 1 aliphatic heterocycles. The quantitative estimate of drug-likeness (QED) is 0.832. The molecule has 1 atom stereocenters. The van der Waals surface area contributed by atoms with E-state index in [0.717, 1.165) is 18.2 Å². The van der Waals surface area contributed by atoms with Gasteiger partial charge in [0.15, 0.2) is 21.5 Å². The van der Waals surface area contributed by atoms with E-state index in [1.165, 1.54) is 0 Å². The van der Waals surface area contributed by atoms with Gasteiger partial charge in [-0.1, -0.05) is 20.8 Å². The molecule has 0 radical (unpaired) electrons. The second-order valence-corrected chi connectivity index (χ2v) is 8.10. The average molecular weight is 316 g/mol. The minimum absolute atomic E-state index is 0.164. The van der Waals surface area contributed by atoms with Gasteiger partial charge in [0, 0.05) is 31.3 Å². The zero-order valence-corrected chi connectivity index (χ0v) is 13.7. The minimum atomic E-state index is -2.93. The Morgan fingerprint density at radius 3 is 2.86 bits per heavy atom. The molecule has 1 saturated heterocycles. The van der Waals surface area contributed by atoms with Gasteiger partial charge in [-0.3, -0.25) is 10.00 Å². The number of aromatic nitrogens is 3. The highest BCUT2D eigenvalue weighted by Crippen LogP contribution is 2.20. The van der Waals surface area contributed by atoms with Gasteiger partial charge >= 0.3 is 0 Å². The largest absolute Gasteiger partial charge is 0.368 e. The Labute approximate surface area is 126 Å². The number of hydrogen-bond donors (Lipinski definition) is 1. The van der Waals surface area contributed by atoms with Gasteiger partial charge in [0.1, 0.15) is 6.10 Å². The van der Waals surface area contributed by atoms with Crippen LogP contribution < -0.4 is 0 Å². The summed E-state index contributed by atoms with van der Waals surface area (Å²) in [6.07, 6.45) is -0.164. The van der Waals surface area contributed by atoms with Crippen LogP contribution in [0.5, 0.6) is 0 Å². The van der Waals surface area contributed by atoms with Gasteiger partial charge < -0.3 is 4.74 Å². The van der Waals surface area contributed by atoms with E-state index in [1.54, 1.807) is 6.92 Å². The van der Waals surface area contributed by atoms with Crippen molar-refractivity contribution in [3.05, 3.63) is 11.6 Å². The van der Waals surface area contributed by atoms with Crippen LogP contribution in [-0.2, 0) is 14.6 Å². The molecule has 2 heterocycles. The molecule has 0 amide bonds. The summed E-state index contributed by atoms with van der Waals surface area (Å²) in [5, 5.41) is 7.11. The predicted molar refractivity (Wildman–Crippen MR) is 79.9 cm³/mol. The van der Waals surface area contributed by atoms with Crippen LogP contribution in [0.4, 0.5) is 0 Å². The third-order valence-corrected chi connectivity index (χ3v) is 5.33. The highest BCUT2D eigenvalue weighted by molar-refractivity contribution is 7.91. The average Bonchev–Trinajstić information content (AvgIpc) is 2.96. The maximum absolute atomic E-state index is 11.6. The van der Waals surface area contributed by atoms with Crippen LogP contribution in [0.25, 0.3) is 0 Å². The summed E-state index contributed by atoms with van der Waals surface area (Å²) in [6.45, 7) is 8.27. The third-order valence-electron chi connectivity index (χ3n) is 3.65. The summed E-state index contributed by atoms with van der Waals surface area (Å²) in [5.74, 6) is 2.16. The number of rotatable bonds is 6. The van der Waals surface area contributed by atoms with Gasteiger partial charge in [0.05, 0.1) is 12.4 Å². The van der Waals surface area contributed by atoms with Crippen LogP contribution in [0, 0.1) is 0 Å². The van der Waals surface area contributed by atoms with Gasteiger partial charge in [-0.15, -0.1) is 0 Å². The summed E-state index contributed by atoms with van der Waals surface area (Å²) in [4.78, 5) is 6.57. The molecule has 1 aliphatic rings. The number of H-pyrrole nitrogens is 1. The lowest BCUT2D eigenvalue weighted by molar-refractivity contribution is -0.0321. The second kappa shape index (κ2) is 6.85. The van der Waals surface area contributed by atoms with Gasteiger partial charge in [-0.25, -0.2) is 13.4 Å². The second-order valence-electron chi connectivity index (χ2n) is 5.63. The van der Waals surface area contributed by atoms with Crippen LogP contribution in [0.1, 0.15) is 44.4 Å². The molecule has 120 valence electrons. The van der Waals surface area contributed by atoms with Crippen molar-refractivity contribution in [2.24, 2.45) is 0 Å². The summed E-state index contributed by atoms with van der Waals surface area (Å²) in [5.41, 5.74) is 0. The molecule has 1 aromatic rings. The topological polar surface area (TPSA) is 88.2 Å². The molecule has 2 rings (SSSR count). The lowest BCUT2D eigenvalue weighted by Gasteiger charge is -2.31. The Balaban J connectivity index is 1.94. The first kappa shape index (κ1) is 16.4. The minimum Gasteiger partial charge on any atom is -0.368 e. The van der Waals surface area contributed by atoms with E-state index in [1.807, 2.05) is 13.8 Å². The molecule has 1 fully saturated rings. The SMILES string of the molecule is CCS(=O)(=O)CCN1CCO[C@H](c2nc(C(C)C)n[nH]2)C1. The molecular weight excluding hydrogens is 292 g/mol. The first-order chi connectivity index (χ1) is 9.91. The number of aromatic amines is 1. The van der Waals surface area contributed by atoms with Gasteiger partial charge in [-0.2, -0.15) is 5.10 Å². The molecule has 7 nitrogen and oxygen atoms in total. The molecular formula is C13H24N4O3S. The maximum Gasteiger partial charge on any atom is 0.155 e. The van der Waals surface area contributed by atoms with Crippen molar-refractivity contribution in [1.29, 1.82) is 0 Å². The van der Waals surface area contributed by atoms with Crippen molar-refractivity contribution >= 4 is 9.84 Å². The van der Waals surface area contributed by atoms with Crippen LogP contribution >= 0.6 is 0 Å². The molecule has 0 aromatic carbocycles. The smallest absolute Gasteiger partial charge is 0.155 e. The summed E-state index contributed by atoms with van der Waals surface area (Å²) >= 11 is 0. The Kier molecular flexibility index (Phi) is 5.34. The predicted octanol–water partition coefficient (Wildman–Crippen LogP) is 0.736. The van der Waals surface area contributed by atoms with E-state index < -0.39 is 9.84 Å². The number of morpholine rings is 1. The van der Waals surface area contributed by atoms with E-state index >= 15 is 0 Å². The highest BCUT2D eigenvalue weighted by Gasteiger charge is 2.25. The Morgan fingerprint density at radius 2 is 2.24 bits per heavy atom. The number of ether oxygens (including phenoxy) is 1. The van der Waals surface area contributed by atoms with Gasteiger partial charge in [0.25, 0.3) is 0 Å². The monoisotopic (exact) mass is 316 g/mol. The van der Waals surface area contributed by atoms with Gasteiger partial charge in [0.2, 0.25) is 0 Å². The molecule has 21 heavy (non-hydrogen) atoms. The number of sulfone groups is 1. The van der Waals surface area contributed by atoms with E-state index in [4.69, 9.17) is 4.74 Å². The molecule has 0 saturated carbocycles. The number of nitrogens with one attached hydrogen (secondary N) is 1. The molecule has 1 aromatic heterocycles. The van der Waals surface area contributed by atoms with Crippen LogP contribution in [-0.4, -0.2) is 66.2 Å². The summed E-state index contributed by atoms with van der Waals surface area (Å²) < 4.78 is 28.9. The normalized spacial score (nSPS) is 21.0. The van der Waals surface area contributed by atoms with E-state index in [0.29, 0.717) is 19.7 Å². The van der Waals surface area contributed by atoms with Crippen molar-refractivity contribution in [2.45, 2.75) is 32.8 Å². The lowest BCUT2D eigenvalue weighted by atomic mass is 10.2.